The van der Waals surface area contributed by atoms with Crippen LogP contribution in [0.2, 0.25) is 0 Å². The van der Waals surface area contributed by atoms with Crippen molar-refractivity contribution in [1.29, 1.82) is 0 Å². The maximum absolute atomic E-state index is 13.1. The van der Waals surface area contributed by atoms with Crippen LogP contribution >= 0.6 is 0 Å². The number of Topliss-reactive ketones (excluding diaryl/α,β-unsaturated/α-hetero) is 1. The van der Waals surface area contributed by atoms with E-state index in [1.807, 2.05) is 26.8 Å². The highest BCUT2D eigenvalue weighted by molar-refractivity contribution is 5.98. The summed E-state index contributed by atoms with van der Waals surface area (Å²) in [6.07, 6.45) is -3.76. The van der Waals surface area contributed by atoms with Crippen LogP contribution in [0.1, 0.15) is 50.3 Å². The second kappa shape index (κ2) is 8.02. The van der Waals surface area contributed by atoms with Gasteiger partial charge in [-0.25, -0.2) is 0 Å². The van der Waals surface area contributed by atoms with E-state index in [0.717, 1.165) is 16.7 Å². The van der Waals surface area contributed by atoms with Gasteiger partial charge in [0.1, 0.15) is 11.5 Å². The number of anilines is 1. The Hall–Kier alpha value is -2.83. The molecule has 0 bridgehead atoms. The van der Waals surface area contributed by atoms with Crippen molar-refractivity contribution in [2.75, 3.05) is 11.9 Å². The lowest BCUT2D eigenvalue weighted by molar-refractivity contribution is -0.274. The van der Waals surface area contributed by atoms with Crippen molar-refractivity contribution in [2.45, 2.75) is 58.7 Å². The lowest BCUT2D eigenvalue weighted by Gasteiger charge is -2.37. The lowest BCUT2D eigenvalue weighted by atomic mass is 9.76. The standard InChI is InChI=1S/C24H26F3NO3/c1-14-10-19-20(28(5)22(30)13-23(19,3)4)12-17(14)18-11-16(7-6-15(2)29)8-9-21(18)31-24(25,26)27/h8-12H,6-7,13H2,1-5H3. The normalized spacial score (nSPS) is 15.6. The maximum Gasteiger partial charge on any atom is 0.573 e. The van der Waals surface area contributed by atoms with Crippen LogP contribution in [0, 0.1) is 6.92 Å². The molecule has 1 aliphatic heterocycles. The average molecular weight is 433 g/mol. The van der Waals surface area contributed by atoms with Crippen LogP contribution in [0.15, 0.2) is 30.3 Å². The summed E-state index contributed by atoms with van der Waals surface area (Å²) >= 11 is 0. The van der Waals surface area contributed by atoms with Gasteiger partial charge in [-0.1, -0.05) is 26.0 Å². The van der Waals surface area contributed by atoms with E-state index in [1.165, 1.54) is 13.0 Å². The zero-order valence-electron chi connectivity index (χ0n) is 18.3. The largest absolute Gasteiger partial charge is 0.573 e. The Morgan fingerprint density at radius 3 is 2.45 bits per heavy atom. The van der Waals surface area contributed by atoms with E-state index in [0.29, 0.717) is 30.5 Å². The highest BCUT2D eigenvalue weighted by Gasteiger charge is 2.36. The van der Waals surface area contributed by atoms with Crippen molar-refractivity contribution in [3.8, 4) is 16.9 Å². The van der Waals surface area contributed by atoms with Crippen LogP contribution in [0.25, 0.3) is 11.1 Å². The van der Waals surface area contributed by atoms with E-state index < -0.39 is 6.36 Å². The Morgan fingerprint density at radius 2 is 1.84 bits per heavy atom. The van der Waals surface area contributed by atoms with Crippen molar-refractivity contribution in [1.82, 2.24) is 0 Å². The number of carbonyl (C=O) groups excluding carboxylic acids is 2. The third-order valence-electron chi connectivity index (χ3n) is 5.73. The van der Waals surface area contributed by atoms with Gasteiger partial charge in [0.15, 0.2) is 0 Å². The molecule has 3 rings (SSSR count). The van der Waals surface area contributed by atoms with Gasteiger partial charge in [-0.05, 0) is 60.7 Å². The number of amides is 1. The number of aryl methyl sites for hydroxylation is 2. The van der Waals surface area contributed by atoms with E-state index in [2.05, 4.69) is 4.74 Å². The summed E-state index contributed by atoms with van der Waals surface area (Å²) in [6, 6.07) is 8.16. The third-order valence-corrected chi connectivity index (χ3v) is 5.73. The van der Waals surface area contributed by atoms with Gasteiger partial charge in [0, 0.05) is 36.6 Å². The number of halogens is 3. The molecule has 0 N–H and O–H groups in total. The summed E-state index contributed by atoms with van der Waals surface area (Å²) < 4.78 is 43.5. The number of alkyl halides is 3. The maximum atomic E-state index is 13.1. The zero-order chi connectivity index (χ0) is 23.1. The highest BCUT2D eigenvalue weighted by Crippen LogP contribution is 2.45. The van der Waals surface area contributed by atoms with E-state index in [4.69, 9.17) is 0 Å². The molecule has 7 heteroatoms. The molecule has 0 aromatic heterocycles. The molecule has 0 fully saturated rings. The van der Waals surface area contributed by atoms with Gasteiger partial charge >= 0.3 is 6.36 Å². The Bertz CT molecular complexity index is 1040. The van der Waals surface area contributed by atoms with Crippen LogP contribution in [0.3, 0.4) is 0 Å². The summed E-state index contributed by atoms with van der Waals surface area (Å²) in [4.78, 5) is 25.4. The molecule has 0 spiro atoms. The van der Waals surface area contributed by atoms with Gasteiger partial charge in [0.2, 0.25) is 5.91 Å². The Balaban J connectivity index is 2.19. The number of rotatable bonds is 5. The molecule has 2 aromatic carbocycles. The van der Waals surface area contributed by atoms with Gasteiger partial charge in [-0.15, -0.1) is 13.2 Å². The number of hydrogen-bond donors (Lipinski definition) is 0. The van der Waals surface area contributed by atoms with Crippen LogP contribution in [-0.4, -0.2) is 25.1 Å². The number of benzene rings is 2. The minimum Gasteiger partial charge on any atom is -0.405 e. The first-order valence-electron chi connectivity index (χ1n) is 10.1. The van der Waals surface area contributed by atoms with Crippen molar-refractivity contribution < 1.29 is 27.5 Å². The second-order valence-electron chi connectivity index (χ2n) is 8.78. The molecule has 0 unspecified atom stereocenters. The number of fused-ring (bicyclic) bond motifs is 1. The van der Waals surface area contributed by atoms with Crippen molar-refractivity contribution in [3.05, 3.63) is 47.0 Å². The topological polar surface area (TPSA) is 46.6 Å². The molecule has 166 valence electrons. The van der Waals surface area contributed by atoms with Gasteiger partial charge in [0.05, 0.1) is 0 Å². The Kier molecular flexibility index (Phi) is 5.91. The second-order valence-corrected chi connectivity index (χ2v) is 8.78. The molecule has 0 saturated heterocycles. The van der Waals surface area contributed by atoms with Crippen LogP contribution in [0.5, 0.6) is 5.75 Å². The van der Waals surface area contributed by atoms with Crippen molar-refractivity contribution >= 4 is 17.4 Å². The first-order chi connectivity index (χ1) is 14.3. The van der Waals surface area contributed by atoms with Crippen LogP contribution in [-0.2, 0) is 21.4 Å². The first kappa shape index (κ1) is 22.8. The van der Waals surface area contributed by atoms with E-state index in [-0.39, 0.29) is 28.4 Å². The molecule has 1 aliphatic rings. The van der Waals surface area contributed by atoms with Gasteiger partial charge in [-0.2, -0.15) is 0 Å². The fraction of sp³-hybridized carbons (Fsp3) is 0.417. The molecular formula is C24H26F3NO3. The first-order valence-corrected chi connectivity index (χ1v) is 10.1. The SMILES string of the molecule is CC(=O)CCc1ccc(OC(F)(F)F)c(-c2cc3c(cc2C)C(C)(C)CC(=O)N3C)c1. The van der Waals surface area contributed by atoms with Gasteiger partial charge < -0.3 is 14.4 Å². The summed E-state index contributed by atoms with van der Waals surface area (Å²) in [6.45, 7) is 7.28. The predicted molar refractivity (Wildman–Crippen MR) is 113 cm³/mol. The molecule has 1 heterocycles. The number of hydrogen-bond acceptors (Lipinski definition) is 3. The number of nitrogens with zero attached hydrogens (tertiary/aromatic N) is 1. The fourth-order valence-corrected chi connectivity index (χ4v) is 4.01. The molecule has 31 heavy (non-hydrogen) atoms. The van der Waals surface area contributed by atoms with Gasteiger partial charge in [-0.3, -0.25) is 4.79 Å². The minimum atomic E-state index is -4.84. The number of ketones is 1. The molecule has 2 aromatic rings. The molecule has 0 saturated carbocycles. The summed E-state index contributed by atoms with van der Waals surface area (Å²) in [7, 11) is 1.67. The minimum absolute atomic E-state index is 0.00416. The number of ether oxygens (including phenoxy) is 1. The van der Waals surface area contributed by atoms with E-state index >= 15 is 0 Å². The van der Waals surface area contributed by atoms with Crippen molar-refractivity contribution in [2.24, 2.45) is 0 Å². The average Bonchev–Trinajstić information content (AvgIpc) is 2.64. The summed E-state index contributed by atoms with van der Waals surface area (Å²) in [5, 5.41) is 0. The third kappa shape index (κ3) is 4.92. The molecule has 0 aliphatic carbocycles. The molecule has 4 nitrogen and oxygen atoms in total. The monoisotopic (exact) mass is 433 g/mol. The van der Waals surface area contributed by atoms with Crippen molar-refractivity contribution in [3.63, 3.8) is 0 Å². The molecular weight excluding hydrogens is 407 g/mol. The van der Waals surface area contributed by atoms with Crippen LogP contribution in [0.4, 0.5) is 18.9 Å². The summed E-state index contributed by atoms with van der Waals surface area (Å²) in [5.41, 5.74) is 3.63. The fourth-order valence-electron chi connectivity index (χ4n) is 4.01. The predicted octanol–water partition coefficient (Wildman–Crippen LogP) is 5.73. The molecule has 0 radical (unpaired) electrons. The molecule has 0 atom stereocenters. The Morgan fingerprint density at radius 1 is 1.16 bits per heavy atom. The van der Waals surface area contributed by atoms with E-state index in [1.54, 1.807) is 30.1 Å². The summed E-state index contributed by atoms with van der Waals surface area (Å²) in [5.74, 6) is -0.357. The van der Waals surface area contributed by atoms with Crippen LogP contribution < -0.4 is 9.64 Å². The van der Waals surface area contributed by atoms with E-state index in [9.17, 15) is 22.8 Å². The Labute approximate surface area is 180 Å². The lowest BCUT2D eigenvalue weighted by Crippen LogP contribution is -2.39. The van der Waals surface area contributed by atoms with Gasteiger partial charge in [0.25, 0.3) is 0 Å². The zero-order valence-corrected chi connectivity index (χ0v) is 18.3. The quantitative estimate of drug-likeness (QED) is 0.605. The number of carbonyl (C=O) groups is 2. The molecule has 1 amide bonds. The highest BCUT2D eigenvalue weighted by atomic mass is 19.4. The smallest absolute Gasteiger partial charge is 0.405 e.